The molecule has 1 aromatic carbocycles. The Balaban J connectivity index is 2.29. The van der Waals surface area contributed by atoms with E-state index >= 15 is 0 Å². The van der Waals surface area contributed by atoms with Crippen LogP contribution in [0.15, 0.2) is 18.2 Å². The second-order valence-corrected chi connectivity index (χ2v) is 5.38. The molecule has 0 spiro atoms. The summed E-state index contributed by atoms with van der Waals surface area (Å²) in [4.78, 5) is 14.3. The van der Waals surface area contributed by atoms with Crippen molar-refractivity contribution >= 4 is 17.3 Å². The molecule has 0 bridgehead atoms. The topological polar surface area (TPSA) is 58.4 Å². The van der Waals surface area contributed by atoms with Gasteiger partial charge >= 0.3 is 0 Å². The molecule has 0 radical (unpaired) electrons. The second kappa shape index (κ2) is 6.64. The van der Waals surface area contributed by atoms with Crippen LogP contribution in [0.25, 0.3) is 0 Å². The second-order valence-electron chi connectivity index (χ2n) is 5.38. The van der Waals surface area contributed by atoms with Crippen molar-refractivity contribution in [1.29, 1.82) is 0 Å². The van der Waals surface area contributed by atoms with Gasteiger partial charge in [0.05, 0.1) is 11.4 Å². The highest BCUT2D eigenvalue weighted by Crippen LogP contribution is 2.31. The average Bonchev–Trinajstić information content (AvgIpc) is 2.48. The lowest BCUT2D eigenvalue weighted by Crippen LogP contribution is -2.39. The molecule has 0 saturated carbocycles. The summed E-state index contributed by atoms with van der Waals surface area (Å²) in [5, 5.41) is 2.84. The number of hydrogen-bond donors (Lipinski definition) is 2. The van der Waals surface area contributed by atoms with Crippen LogP contribution in [0.2, 0.25) is 0 Å². The van der Waals surface area contributed by atoms with Gasteiger partial charge in [0.1, 0.15) is 0 Å². The highest BCUT2D eigenvalue weighted by molar-refractivity contribution is 5.96. The molecule has 1 aliphatic heterocycles. The van der Waals surface area contributed by atoms with E-state index in [1.54, 1.807) is 6.07 Å². The van der Waals surface area contributed by atoms with Crippen LogP contribution in [-0.4, -0.2) is 25.0 Å². The van der Waals surface area contributed by atoms with E-state index in [2.05, 4.69) is 17.1 Å². The lowest BCUT2D eigenvalue weighted by molar-refractivity contribution is 0.0956. The molecule has 1 atom stereocenters. The molecule has 0 aromatic heterocycles. The van der Waals surface area contributed by atoms with Crippen LogP contribution in [0.3, 0.4) is 0 Å². The van der Waals surface area contributed by atoms with Gasteiger partial charge in [0.25, 0.3) is 5.91 Å². The van der Waals surface area contributed by atoms with Crippen LogP contribution in [0.1, 0.15) is 49.9 Å². The lowest BCUT2D eigenvalue weighted by atomic mass is 9.98. The number of carbonyl (C=O) groups is 1. The number of amides is 1. The van der Waals surface area contributed by atoms with Crippen LogP contribution >= 0.6 is 0 Å². The van der Waals surface area contributed by atoms with Crippen LogP contribution < -0.4 is 16.0 Å². The van der Waals surface area contributed by atoms with Crippen molar-refractivity contribution in [3.63, 3.8) is 0 Å². The SMILES string of the molecule is CCNC(=O)c1ccc(N)c(N2CCCCC2CC)c1. The third-order valence-electron chi connectivity index (χ3n) is 4.04. The number of nitrogens with one attached hydrogen (secondary N) is 1. The summed E-state index contributed by atoms with van der Waals surface area (Å²) < 4.78 is 0. The molecule has 20 heavy (non-hydrogen) atoms. The zero-order valence-electron chi connectivity index (χ0n) is 12.5. The molecule has 0 aliphatic carbocycles. The third-order valence-corrected chi connectivity index (χ3v) is 4.04. The van der Waals surface area contributed by atoms with E-state index in [1.165, 1.54) is 19.3 Å². The predicted octanol–water partition coefficient (Wildman–Crippen LogP) is 2.79. The van der Waals surface area contributed by atoms with E-state index in [-0.39, 0.29) is 5.91 Å². The highest BCUT2D eigenvalue weighted by Gasteiger charge is 2.23. The molecule has 1 unspecified atom stereocenters. The Hall–Kier alpha value is -1.71. The predicted molar refractivity (Wildman–Crippen MR) is 84.1 cm³/mol. The van der Waals surface area contributed by atoms with Crippen molar-refractivity contribution < 1.29 is 4.79 Å². The standard InChI is InChI=1S/C16H25N3O/c1-3-13-7-5-6-10-19(13)15-11-12(8-9-14(15)17)16(20)18-4-2/h8-9,11,13H,3-7,10,17H2,1-2H3,(H,18,20). The van der Waals surface area contributed by atoms with Crippen molar-refractivity contribution in [2.75, 3.05) is 23.7 Å². The first kappa shape index (κ1) is 14.7. The monoisotopic (exact) mass is 275 g/mol. The summed E-state index contributed by atoms with van der Waals surface area (Å²) in [6.07, 6.45) is 4.80. The minimum Gasteiger partial charge on any atom is -0.397 e. The molecule has 1 aliphatic rings. The van der Waals surface area contributed by atoms with Gasteiger partial charge in [0, 0.05) is 24.7 Å². The molecule has 1 saturated heterocycles. The number of rotatable bonds is 4. The Bertz CT molecular complexity index is 473. The zero-order valence-corrected chi connectivity index (χ0v) is 12.5. The number of piperidine rings is 1. The van der Waals surface area contributed by atoms with Gasteiger partial charge in [-0.2, -0.15) is 0 Å². The number of carbonyl (C=O) groups excluding carboxylic acids is 1. The van der Waals surface area contributed by atoms with E-state index < -0.39 is 0 Å². The summed E-state index contributed by atoms with van der Waals surface area (Å²) in [6.45, 7) is 5.81. The normalized spacial score (nSPS) is 18.9. The van der Waals surface area contributed by atoms with Gasteiger partial charge in [-0.15, -0.1) is 0 Å². The van der Waals surface area contributed by atoms with Crippen molar-refractivity contribution in [3.8, 4) is 0 Å². The van der Waals surface area contributed by atoms with Gasteiger partial charge in [-0.25, -0.2) is 0 Å². The Kier molecular flexibility index (Phi) is 4.88. The Labute approximate surface area is 121 Å². The van der Waals surface area contributed by atoms with E-state index in [4.69, 9.17) is 5.73 Å². The van der Waals surface area contributed by atoms with Gasteiger partial charge in [-0.3, -0.25) is 4.79 Å². The molecule has 110 valence electrons. The van der Waals surface area contributed by atoms with E-state index in [9.17, 15) is 4.79 Å². The quantitative estimate of drug-likeness (QED) is 0.831. The fourth-order valence-electron chi connectivity index (χ4n) is 2.94. The fourth-order valence-corrected chi connectivity index (χ4v) is 2.94. The minimum atomic E-state index is -0.0289. The number of nitrogen functional groups attached to an aromatic ring is 1. The van der Waals surface area contributed by atoms with Crippen molar-refractivity contribution in [1.82, 2.24) is 5.32 Å². The summed E-state index contributed by atoms with van der Waals surface area (Å²) in [7, 11) is 0. The van der Waals surface area contributed by atoms with E-state index in [0.717, 1.165) is 24.3 Å². The first-order valence-electron chi connectivity index (χ1n) is 7.61. The van der Waals surface area contributed by atoms with Crippen molar-refractivity contribution in [2.24, 2.45) is 0 Å². The number of benzene rings is 1. The van der Waals surface area contributed by atoms with Gasteiger partial charge in [-0.05, 0) is 50.8 Å². The Morgan fingerprint density at radius 3 is 2.90 bits per heavy atom. The number of anilines is 2. The minimum absolute atomic E-state index is 0.0289. The number of nitrogens with zero attached hydrogens (tertiary/aromatic N) is 1. The van der Waals surface area contributed by atoms with Crippen LogP contribution in [-0.2, 0) is 0 Å². The fraction of sp³-hybridized carbons (Fsp3) is 0.562. The summed E-state index contributed by atoms with van der Waals surface area (Å²) in [6, 6.07) is 6.13. The number of nitrogens with two attached hydrogens (primary N) is 1. The maximum absolute atomic E-state index is 12.0. The average molecular weight is 275 g/mol. The van der Waals surface area contributed by atoms with Crippen LogP contribution in [0.4, 0.5) is 11.4 Å². The molecule has 1 aromatic rings. The molecule has 1 fully saturated rings. The van der Waals surface area contributed by atoms with Gasteiger partial charge in [-0.1, -0.05) is 6.92 Å². The first-order chi connectivity index (χ1) is 9.67. The molecular formula is C16H25N3O. The van der Waals surface area contributed by atoms with Crippen LogP contribution in [0, 0.1) is 0 Å². The summed E-state index contributed by atoms with van der Waals surface area (Å²) in [5.41, 5.74) is 8.61. The molecule has 1 amide bonds. The summed E-state index contributed by atoms with van der Waals surface area (Å²) >= 11 is 0. The molecule has 2 rings (SSSR count). The Morgan fingerprint density at radius 2 is 2.20 bits per heavy atom. The molecule has 1 heterocycles. The van der Waals surface area contributed by atoms with E-state index in [0.29, 0.717) is 18.2 Å². The maximum atomic E-state index is 12.0. The van der Waals surface area contributed by atoms with E-state index in [1.807, 2.05) is 19.1 Å². The molecule has 4 nitrogen and oxygen atoms in total. The van der Waals surface area contributed by atoms with Gasteiger partial charge in [0.15, 0.2) is 0 Å². The highest BCUT2D eigenvalue weighted by atomic mass is 16.1. The molecular weight excluding hydrogens is 250 g/mol. The number of hydrogen-bond acceptors (Lipinski definition) is 3. The van der Waals surface area contributed by atoms with Crippen molar-refractivity contribution in [3.05, 3.63) is 23.8 Å². The largest absolute Gasteiger partial charge is 0.397 e. The van der Waals surface area contributed by atoms with Gasteiger partial charge < -0.3 is 16.0 Å². The van der Waals surface area contributed by atoms with Gasteiger partial charge in [0.2, 0.25) is 0 Å². The Morgan fingerprint density at radius 1 is 1.40 bits per heavy atom. The van der Waals surface area contributed by atoms with Crippen LogP contribution in [0.5, 0.6) is 0 Å². The first-order valence-corrected chi connectivity index (χ1v) is 7.61. The smallest absolute Gasteiger partial charge is 0.251 e. The maximum Gasteiger partial charge on any atom is 0.251 e. The summed E-state index contributed by atoms with van der Waals surface area (Å²) in [5.74, 6) is -0.0289. The molecule has 4 heteroatoms. The molecule has 3 N–H and O–H groups in total. The van der Waals surface area contributed by atoms with Crippen molar-refractivity contribution in [2.45, 2.75) is 45.6 Å². The lowest BCUT2D eigenvalue weighted by Gasteiger charge is -2.38. The zero-order chi connectivity index (χ0) is 14.5. The third kappa shape index (κ3) is 3.06.